The van der Waals surface area contributed by atoms with Gasteiger partial charge >= 0.3 is 0 Å². The molecule has 0 atom stereocenters. The first-order valence-corrected chi connectivity index (χ1v) is 6.60. The first-order chi connectivity index (χ1) is 9.42. The molecule has 2 aromatic rings. The lowest BCUT2D eigenvalue weighted by Crippen LogP contribution is -2.01. The molecule has 7 heteroatoms. The maximum atomic E-state index is 13.7. The Kier molecular flexibility index (Phi) is 4.57. The van der Waals surface area contributed by atoms with Crippen molar-refractivity contribution in [3.05, 3.63) is 56.8 Å². The third kappa shape index (κ3) is 3.08. The quantitative estimate of drug-likeness (QED) is 0.794. The van der Waals surface area contributed by atoms with Crippen LogP contribution in [0.2, 0.25) is 5.02 Å². The number of hydrogen-bond acceptors (Lipinski definition) is 2. The molecule has 0 radical (unpaired) electrons. The normalized spacial score (nSPS) is 10.7. The Morgan fingerprint density at radius 1 is 1.05 bits per heavy atom. The highest BCUT2D eigenvalue weighted by molar-refractivity contribution is 9.10. The van der Waals surface area contributed by atoms with Crippen LogP contribution < -0.4 is 10.5 Å². The van der Waals surface area contributed by atoms with Crippen molar-refractivity contribution in [1.29, 1.82) is 0 Å². The van der Waals surface area contributed by atoms with Crippen molar-refractivity contribution in [3.8, 4) is 11.5 Å². The highest BCUT2D eigenvalue weighted by Gasteiger charge is 2.16. The Morgan fingerprint density at radius 2 is 1.65 bits per heavy atom. The molecule has 0 aliphatic rings. The second-order valence-corrected chi connectivity index (χ2v) is 5.15. The topological polar surface area (TPSA) is 35.2 Å². The third-order valence-corrected chi connectivity index (χ3v) is 3.39. The third-order valence-electron chi connectivity index (χ3n) is 2.48. The summed E-state index contributed by atoms with van der Waals surface area (Å²) in [6.45, 7) is -0.00656. The Balaban J connectivity index is 2.42. The van der Waals surface area contributed by atoms with Crippen molar-refractivity contribution in [3.63, 3.8) is 0 Å². The first kappa shape index (κ1) is 15.2. The van der Waals surface area contributed by atoms with Crippen molar-refractivity contribution in [2.75, 3.05) is 0 Å². The van der Waals surface area contributed by atoms with Crippen molar-refractivity contribution < 1.29 is 17.9 Å². The van der Waals surface area contributed by atoms with Crippen LogP contribution >= 0.6 is 27.5 Å². The summed E-state index contributed by atoms with van der Waals surface area (Å²) in [5.74, 6) is -3.33. The van der Waals surface area contributed by atoms with E-state index >= 15 is 0 Å². The number of rotatable bonds is 3. The average molecular weight is 367 g/mol. The van der Waals surface area contributed by atoms with E-state index in [0.29, 0.717) is 0 Å². The van der Waals surface area contributed by atoms with E-state index in [1.54, 1.807) is 0 Å². The molecule has 0 saturated carbocycles. The van der Waals surface area contributed by atoms with Crippen LogP contribution in [0, 0.1) is 17.5 Å². The lowest BCUT2D eigenvalue weighted by atomic mass is 10.2. The zero-order chi connectivity index (χ0) is 14.9. The molecule has 0 fully saturated rings. The van der Waals surface area contributed by atoms with Crippen molar-refractivity contribution in [2.24, 2.45) is 5.73 Å². The van der Waals surface area contributed by atoms with Gasteiger partial charge in [0.15, 0.2) is 17.4 Å². The van der Waals surface area contributed by atoms with Crippen LogP contribution in [0.5, 0.6) is 11.5 Å². The van der Waals surface area contributed by atoms with Crippen LogP contribution in [0.25, 0.3) is 0 Å². The second kappa shape index (κ2) is 6.03. The van der Waals surface area contributed by atoms with Crippen LogP contribution in [0.4, 0.5) is 13.2 Å². The van der Waals surface area contributed by atoms with Gasteiger partial charge in [0.2, 0.25) is 0 Å². The average Bonchev–Trinajstić information content (AvgIpc) is 2.39. The number of benzene rings is 2. The largest absolute Gasteiger partial charge is 0.450 e. The summed E-state index contributed by atoms with van der Waals surface area (Å²) >= 11 is 8.64. The van der Waals surface area contributed by atoms with E-state index in [1.165, 1.54) is 6.07 Å². The lowest BCUT2D eigenvalue weighted by Gasteiger charge is -2.11. The van der Waals surface area contributed by atoms with Gasteiger partial charge < -0.3 is 10.5 Å². The van der Waals surface area contributed by atoms with Crippen LogP contribution in [-0.4, -0.2) is 0 Å². The fraction of sp³-hybridized carbons (Fsp3) is 0.0769. The van der Waals surface area contributed by atoms with Gasteiger partial charge in [0.1, 0.15) is 11.6 Å². The van der Waals surface area contributed by atoms with Crippen LogP contribution in [0.3, 0.4) is 0 Å². The fourth-order valence-corrected chi connectivity index (χ4v) is 2.24. The van der Waals surface area contributed by atoms with E-state index in [0.717, 1.165) is 18.2 Å². The Morgan fingerprint density at radius 3 is 2.20 bits per heavy atom. The Bertz CT molecular complexity index is 643. The maximum Gasteiger partial charge on any atom is 0.198 e. The van der Waals surface area contributed by atoms with Crippen molar-refractivity contribution >= 4 is 27.5 Å². The highest BCUT2D eigenvalue weighted by Crippen LogP contribution is 2.36. The molecule has 2 aromatic carbocycles. The number of nitrogens with two attached hydrogens (primary N) is 1. The predicted octanol–water partition coefficient (Wildman–Crippen LogP) is 4.77. The van der Waals surface area contributed by atoms with Gasteiger partial charge in [0.25, 0.3) is 0 Å². The maximum absolute atomic E-state index is 13.7. The number of ether oxygens (including phenoxy) is 1. The molecule has 0 saturated heterocycles. The van der Waals surface area contributed by atoms with E-state index in [1.807, 2.05) is 0 Å². The molecule has 0 bridgehead atoms. The molecule has 0 aromatic heterocycles. The molecule has 2 N–H and O–H groups in total. The number of halogens is 5. The SMILES string of the molecule is NCc1cc(F)c(Oc2cc(F)c(Cl)cc2Br)c(F)c1. The monoisotopic (exact) mass is 365 g/mol. The summed E-state index contributed by atoms with van der Waals surface area (Å²) in [6, 6.07) is 4.27. The van der Waals surface area contributed by atoms with Crippen molar-refractivity contribution in [1.82, 2.24) is 0 Å². The zero-order valence-electron chi connectivity index (χ0n) is 9.89. The molecule has 0 heterocycles. The summed E-state index contributed by atoms with van der Waals surface area (Å²) in [4.78, 5) is 0. The van der Waals surface area contributed by atoms with Gasteiger partial charge in [-0.25, -0.2) is 13.2 Å². The van der Waals surface area contributed by atoms with Gasteiger partial charge in [0.05, 0.1) is 9.50 Å². The fourth-order valence-electron chi connectivity index (χ4n) is 1.52. The summed E-state index contributed by atoms with van der Waals surface area (Å²) in [7, 11) is 0. The standard InChI is InChI=1S/C13H8BrClF3NO/c14-7-3-8(15)9(16)4-12(7)20-13-10(17)1-6(5-19)2-11(13)18/h1-4H,5,19H2. The molecule has 0 amide bonds. The van der Waals surface area contributed by atoms with Crippen LogP contribution in [-0.2, 0) is 6.54 Å². The molecule has 20 heavy (non-hydrogen) atoms. The predicted molar refractivity (Wildman–Crippen MR) is 73.4 cm³/mol. The van der Waals surface area contributed by atoms with E-state index in [9.17, 15) is 13.2 Å². The van der Waals surface area contributed by atoms with Gasteiger partial charge in [0, 0.05) is 12.6 Å². The van der Waals surface area contributed by atoms with Gasteiger partial charge in [-0.15, -0.1) is 0 Å². The van der Waals surface area contributed by atoms with Gasteiger partial charge in [-0.1, -0.05) is 11.6 Å². The first-order valence-electron chi connectivity index (χ1n) is 5.42. The second-order valence-electron chi connectivity index (χ2n) is 3.89. The summed E-state index contributed by atoms with van der Waals surface area (Å²) in [5, 5.41) is -0.136. The molecular formula is C13H8BrClF3NO. The van der Waals surface area contributed by atoms with Crippen LogP contribution in [0.1, 0.15) is 5.56 Å². The Labute approximate surface area is 126 Å². The highest BCUT2D eigenvalue weighted by atomic mass is 79.9. The van der Waals surface area contributed by atoms with E-state index in [2.05, 4.69) is 15.9 Å². The molecule has 0 aliphatic heterocycles. The molecule has 106 valence electrons. The molecule has 0 spiro atoms. The Hall–Kier alpha value is -1.24. The molecule has 0 aliphatic carbocycles. The van der Waals surface area contributed by atoms with E-state index in [-0.39, 0.29) is 27.4 Å². The summed E-state index contributed by atoms with van der Waals surface area (Å²) in [5.41, 5.74) is 5.59. The van der Waals surface area contributed by atoms with Crippen molar-refractivity contribution in [2.45, 2.75) is 6.54 Å². The minimum absolute atomic E-state index is 0.00656. The smallest absolute Gasteiger partial charge is 0.198 e. The minimum atomic E-state index is -0.923. The van der Waals surface area contributed by atoms with Crippen LogP contribution in [0.15, 0.2) is 28.7 Å². The number of hydrogen-bond donors (Lipinski definition) is 1. The molecular weight excluding hydrogens is 358 g/mol. The summed E-state index contributed by atoms with van der Waals surface area (Å²) in [6.07, 6.45) is 0. The summed E-state index contributed by atoms with van der Waals surface area (Å²) < 4.78 is 46.2. The van der Waals surface area contributed by atoms with Gasteiger partial charge in [-0.2, -0.15) is 0 Å². The van der Waals surface area contributed by atoms with E-state index in [4.69, 9.17) is 22.1 Å². The molecule has 0 unspecified atom stereocenters. The lowest BCUT2D eigenvalue weighted by molar-refractivity contribution is 0.402. The van der Waals surface area contributed by atoms with Gasteiger partial charge in [-0.3, -0.25) is 0 Å². The molecule has 2 nitrogen and oxygen atoms in total. The zero-order valence-corrected chi connectivity index (χ0v) is 12.2. The van der Waals surface area contributed by atoms with Gasteiger partial charge in [-0.05, 0) is 39.7 Å². The molecule has 2 rings (SSSR count). The van der Waals surface area contributed by atoms with E-state index < -0.39 is 23.2 Å². The minimum Gasteiger partial charge on any atom is -0.450 e.